The lowest BCUT2D eigenvalue weighted by atomic mass is 10.3. The molecule has 1 aromatic heterocycles. The lowest BCUT2D eigenvalue weighted by Gasteiger charge is -2.12. The maximum Gasteiger partial charge on any atom is 0.274 e. The van der Waals surface area contributed by atoms with Gasteiger partial charge in [0.1, 0.15) is 0 Å². The first kappa shape index (κ1) is 10.4. The van der Waals surface area contributed by atoms with Gasteiger partial charge >= 0.3 is 0 Å². The lowest BCUT2D eigenvalue weighted by molar-refractivity contribution is 0.546. The van der Waals surface area contributed by atoms with Gasteiger partial charge in [-0.15, -0.1) is 0 Å². The maximum atomic E-state index is 12.4. The smallest absolute Gasteiger partial charge is 0.274 e. The van der Waals surface area contributed by atoms with Crippen LogP contribution in [0.25, 0.3) is 5.69 Å². The third-order valence-electron chi connectivity index (χ3n) is 3.49. The van der Waals surface area contributed by atoms with E-state index >= 15 is 0 Å². The average Bonchev–Trinajstić information content (AvgIpc) is 2.93. The van der Waals surface area contributed by atoms with E-state index in [0.717, 1.165) is 37.1 Å². The standard InChI is InChI=1S/C14H16N2O/c1-2-15-13-10-6-9-12(13)14(17)16(15)11-7-4-3-5-8-11/h3-5,7-8H,2,6,9-10H2,1H3. The zero-order valence-corrected chi connectivity index (χ0v) is 10.0. The summed E-state index contributed by atoms with van der Waals surface area (Å²) >= 11 is 0. The Morgan fingerprint density at radius 3 is 2.65 bits per heavy atom. The molecule has 0 unspecified atom stereocenters. The zero-order chi connectivity index (χ0) is 11.8. The monoisotopic (exact) mass is 228 g/mol. The van der Waals surface area contributed by atoms with Gasteiger partial charge in [0.05, 0.1) is 5.69 Å². The Morgan fingerprint density at radius 2 is 1.94 bits per heavy atom. The summed E-state index contributed by atoms with van der Waals surface area (Å²) in [5, 5.41) is 0. The van der Waals surface area contributed by atoms with Crippen LogP contribution in [-0.4, -0.2) is 9.36 Å². The van der Waals surface area contributed by atoms with Crippen LogP contribution in [0, 0.1) is 0 Å². The Morgan fingerprint density at radius 1 is 1.18 bits per heavy atom. The fraction of sp³-hybridized carbons (Fsp3) is 0.357. The van der Waals surface area contributed by atoms with Crippen molar-refractivity contribution in [2.24, 2.45) is 0 Å². The first-order valence-electron chi connectivity index (χ1n) is 6.22. The molecule has 1 heterocycles. The second-order valence-corrected chi connectivity index (χ2v) is 4.45. The maximum absolute atomic E-state index is 12.4. The van der Waals surface area contributed by atoms with E-state index in [2.05, 4.69) is 11.6 Å². The second kappa shape index (κ2) is 3.91. The van der Waals surface area contributed by atoms with Gasteiger partial charge in [-0.1, -0.05) is 18.2 Å². The fourth-order valence-corrected chi connectivity index (χ4v) is 2.76. The van der Waals surface area contributed by atoms with Gasteiger partial charge in [-0.2, -0.15) is 0 Å². The van der Waals surface area contributed by atoms with Gasteiger partial charge in [0.2, 0.25) is 0 Å². The topological polar surface area (TPSA) is 26.9 Å². The quantitative estimate of drug-likeness (QED) is 0.773. The molecule has 0 saturated heterocycles. The molecule has 1 aromatic carbocycles. The van der Waals surface area contributed by atoms with Gasteiger partial charge in [-0.3, -0.25) is 9.48 Å². The van der Waals surface area contributed by atoms with Gasteiger partial charge in [-0.25, -0.2) is 4.68 Å². The number of benzene rings is 1. The number of hydrogen-bond donors (Lipinski definition) is 0. The van der Waals surface area contributed by atoms with Crippen LogP contribution in [0.4, 0.5) is 0 Å². The minimum atomic E-state index is 0.172. The number of para-hydroxylation sites is 1. The molecule has 0 amide bonds. The molecule has 0 fully saturated rings. The predicted octanol–water partition coefficient (Wildman–Crippen LogP) is 2.15. The highest BCUT2D eigenvalue weighted by molar-refractivity contribution is 5.35. The van der Waals surface area contributed by atoms with Crippen molar-refractivity contribution in [3.63, 3.8) is 0 Å². The molecule has 0 radical (unpaired) electrons. The van der Waals surface area contributed by atoms with Crippen molar-refractivity contribution in [3.8, 4) is 5.69 Å². The summed E-state index contributed by atoms with van der Waals surface area (Å²) in [5.74, 6) is 0. The van der Waals surface area contributed by atoms with E-state index in [4.69, 9.17) is 0 Å². The molecular weight excluding hydrogens is 212 g/mol. The van der Waals surface area contributed by atoms with Gasteiger partial charge < -0.3 is 0 Å². The molecule has 1 aliphatic carbocycles. The molecule has 0 bridgehead atoms. The van der Waals surface area contributed by atoms with Crippen LogP contribution in [0.5, 0.6) is 0 Å². The van der Waals surface area contributed by atoms with Gasteiger partial charge in [0.15, 0.2) is 0 Å². The SMILES string of the molecule is CCn1c2c(c(=O)n1-c1ccccc1)CCC2. The van der Waals surface area contributed by atoms with E-state index in [-0.39, 0.29) is 5.56 Å². The Balaban J connectivity index is 2.28. The number of nitrogens with zero attached hydrogens (tertiary/aromatic N) is 2. The van der Waals surface area contributed by atoms with Crippen LogP contribution < -0.4 is 5.56 Å². The third kappa shape index (κ3) is 1.46. The summed E-state index contributed by atoms with van der Waals surface area (Å²) in [7, 11) is 0. The minimum Gasteiger partial charge on any atom is -0.282 e. The number of rotatable bonds is 2. The van der Waals surface area contributed by atoms with Crippen molar-refractivity contribution in [2.45, 2.75) is 32.7 Å². The molecule has 3 nitrogen and oxygen atoms in total. The van der Waals surface area contributed by atoms with Crippen LogP contribution in [0.3, 0.4) is 0 Å². The molecule has 1 aliphatic rings. The molecular formula is C14H16N2O. The lowest BCUT2D eigenvalue weighted by Crippen LogP contribution is -2.22. The largest absolute Gasteiger partial charge is 0.282 e. The molecule has 17 heavy (non-hydrogen) atoms. The van der Waals surface area contributed by atoms with Crippen molar-refractivity contribution >= 4 is 0 Å². The summed E-state index contributed by atoms with van der Waals surface area (Å²) in [6.07, 6.45) is 3.10. The molecule has 3 rings (SSSR count). The molecule has 2 aromatic rings. The van der Waals surface area contributed by atoms with E-state index in [1.54, 1.807) is 0 Å². The molecule has 0 atom stereocenters. The van der Waals surface area contributed by atoms with E-state index in [9.17, 15) is 4.79 Å². The minimum absolute atomic E-state index is 0.172. The van der Waals surface area contributed by atoms with Crippen molar-refractivity contribution in [3.05, 3.63) is 51.9 Å². The highest BCUT2D eigenvalue weighted by atomic mass is 16.1. The Bertz CT molecular complexity index is 593. The number of fused-ring (bicyclic) bond motifs is 1. The van der Waals surface area contributed by atoms with Crippen LogP contribution in [0.1, 0.15) is 24.6 Å². The Labute approximate surface area is 100 Å². The Hall–Kier alpha value is -1.77. The summed E-state index contributed by atoms with van der Waals surface area (Å²) in [6.45, 7) is 2.94. The van der Waals surface area contributed by atoms with E-state index in [0.29, 0.717) is 0 Å². The highest BCUT2D eigenvalue weighted by Gasteiger charge is 2.23. The second-order valence-electron chi connectivity index (χ2n) is 4.45. The van der Waals surface area contributed by atoms with Gasteiger partial charge in [0.25, 0.3) is 5.56 Å². The fourth-order valence-electron chi connectivity index (χ4n) is 2.76. The molecule has 88 valence electrons. The average molecular weight is 228 g/mol. The van der Waals surface area contributed by atoms with E-state index in [1.165, 1.54) is 5.69 Å². The van der Waals surface area contributed by atoms with Gasteiger partial charge in [-0.05, 0) is 38.3 Å². The number of aromatic nitrogens is 2. The normalized spacial score (nSPS) is 13.9. The molecule has 3 heteroatoms. The summed E-state index contributed by atoms with van der Waals surface area (Å²) in [5.41, 5.74) is 3.40. The highest BCUT2D eigenvalue weighted by Crippen LogP contribution is 2.21. The molecule has 0 saturated carbocycles. The van der Waals surface area contributed by atoms with Crippen molar-refractivity contribution in [1.29, 1.82) is 0 Å². The molecule has 0 aliphatic heterocycles. The van der Waals surface area contributed by atoms with Gasteiger partial charge in [0, 0.05) is 17.8 Å². The third-order valence-corrected chi connectivity index (χ3v) is 3.49. The Kier molecular flexibility index (Phi) is 2.39. The predicted molar refractivity (Wildman–Crippen MR) is 67.7 cm³/mol. The van der Waals surface area contributed by atoms with Crippen LogP contribution >= 0.6 is 0 Å². The first-order valence-corrected chi connectivity index (χ1v) is 6.22. The molecule has 0 N–H and O–H groups in total. The van der Waals surface area contributed by atoms with Crippen LogP contribution in [0.2, 0.25) is 0 Å². The number of hydrogen-bond acceptors (Lipinski definition) is 1. The zero-order valence-electron chi connectivity index (χ0n) is 10.0. The van der Waals surface area contributed by atoms with Crippen LogP contribution in [-0.2, 0) is 19.4 Å². The summed E-state index contributed by atoms with van der Waals surface area (Å²) < 4.78 is 3.95. The van der Waals surface area contributed by atoms with Crippen molar-refractivity contribution < 1.29 is 0 Å². The first-order chi connectivity index (χ1) is 8.33. The van der Waals surface area contributed by atoms with E-state index < -0.39 is 0 Å². The van der Waals surface area contributed by atoms with E-state index in [1.807, 2.05) is 35.0 Å². The summed E-state index contributed by atoms with van der Waals surface area (Å²) in [6, 6.07) is 9.90. The van der Waals surface area contributed by atoms with Crippen LogP contribution in [0.15, 0.2) is 35.1 Å². The summed E-state index contributed by atoms with van der Waals surface area (Å²) in [4.78, 5) is 12.4. The molecule has 0 spiro atoms. The van der Waals surface area contributed by atoms with Crippen molar-refractivity contribution in [2.75, 3.05) is 0 Å². The van der Waals surface area contributed by atoms with Crippen molar-refractivity contribution in [1.82, 2.24) is 9.36 Å².